The van der Waals surface area contributed by atoms with Gasteiger partial charge in [-0.05, 0) is 50.8 Å². The number of nitrogens with one attached hydrogen (secondary N) is 1. The van der Waals surface area contributed by atoms with Gasteiger partial charge in [0.2, 0.25) is 11.9 Å². The molecule has 1 amide bonds. The van der Waals surface area contributed by atoms with E-state index >= 15 is 0 Å². The average molecular weight is 504 g/mol. The number of benzene rings is 1. The van der Waals surface area contributed by atoms with Crippen LogP contribution >= 0.6 is 0 Å². The van der Waals surface area contributed by atoms with Crippen LogP contribution in [0, 0.1) is 5.92 Å². The summed E-state index contributed by atoms with van der Waals surface area (Å²) in [5.41, 5.74) is 0. The van der Waals surface area contributed by atoms with Crippen LogP contribution in [0.15, 0.2) is 55.1 Å². The summed E-state index contributed by atoms with van der Waals surface area (Å²) in [7, 11) is 0. The number of para-hydroxylation sites is 2. The van der Waals surface area contributed by atoms with Gasteiger partial charge in [-0.1, -0.05) is 12.1 Å². The number of piperidine rings is 2. The first kappa shape index (κ1) is 24.7. The van der Waals surface area contributed by atoms with Gasteiger partial charge in [0.1, 0.15) is 11.9 Å². The van der Waals surface area contributed by atoms with Crippen molar-refractivity contribution in [2.24, 2.45) is 5.92 Å². The van der Waals surface area contributed by atoms with Gasteiger partial charge in [0.15, 0.2) is 17.3 Å². The van der Waals surface area contributed by atoms with E-state index in [1.807, 2.05) is 31.2 Å². The lowest BCUT2D eigenvalue weighted by atomic mass is 9.96. The summed E-state index contributed by atoms with van der Waals surface area (Å²) in [5, 5.41) is 2.98. The average Bonchev–Trinajstić information content (AvgIpc) is 2.95. The minimum Gasteiger partial charge on any atom is -0.490 e. The highest BCUT2D eigenvalue weighted by Crippen LogP contribution is 2.30. The van der Waals surface area contributed by atoms with Gasteiger partial charge < -0.3 is 24.6 Å². The molecule has 0 radical (unpaired) electrons. The van der Waals surface area contributed by atoms with Gasteiger partial charge in [-0.3, -0.25) is 9.78 Å². The number of amides is 1. The molecule has 1 aromatic carbocycles. The van der Waals surface area contributed by atoms with Gasteiger partial charge in [-0.15, -0.1) is 0 Å². The molecule has 5 rings (SSSR count). The smallest absolute Gasteiger partial charge is 0.228 e. The molecule has 0 bridgehead atoms. The molecule has 2 fully saturated rings. The van der Waals surface area contributed by atoms with Crippen LogP contribution < -0.4 is 24.6 Å². The zero-order valence-corrected chi connectivity index (χ0v) is 21.1. The van der Waals surface area contributed by atoms with Crippen molar-refractivity contribution in [1.82, 2.24) is 19.9 Å². The normalized spacial score (nSPS) is 18.4. The van der Waals surface area contributed by atoms with Crippen molar-refractivity contribution in [3.63, 3.8) is 0 Å². The fraction of sp³-hybridized carbons (Fsp3) is 0.444. The van der Waals surface area contributed by atoms with Crippen molar-refractivity contribution in [3.05, 3.63) is 55.1 Å². The van der Waals surface area contributed by atoms with E-state index < -0.39 is 0 Å². The standard InChI is InChI=1S/C27H33N7O3/c1-2-36-22-8-3-4-9-23(22)37-21-7-5-14-34(19-21)25-18-28-17-24(31-25)32-26(35)20-10-15-33(16-11-20)27-29-12-6-13-30-27/h3-4,6,8-9,12-13,17-18,20-21H,2,5,7,10-11,14-16,19H2,1H3,(H,31,32,35)/t21-/m1/s1. The van der Waals surface area contributed by atoms with E-state index in [1.54, 1.807) is 30.9 Å². The molecule has 37 heavy (non-hydrogen) atoms. The number of hydrogen-bond acceptors (Lipinski definition) is 9. The molecule has 10 heteroatoms. The van der Waals surface area contributed by atoms with Crippen molar-refractivity contribution in [3.8, 4) is 11.5 Å². The van der Waals surface area contributed by atoms with E-state index in [1.165, 1.54) is 0 Å². The van der Waals surface area contributed by atoms with E-state index in [-0.39, 0.29) is 17.9 Å². The zero-order valence-electron chi connectivity index (χ0n) is 21.1. The minimum absolute atomic E-state index is 0.00850. The summed E-state index contributed by atoms with van der Waals surface area (Å²) in [6, 6.07) is 9.57. The van der Waals surface area contributed by atoms with Crippen molar-refractivity contribution in [1.29, 1.82) is 0 Å². The molecule has 4 heterocycles. The summed E-state index contributed by atoms with van der Waals surface area (Å²) in [5.74, 6) is 3.34. The van der Waals surface area contributed by atoms with Gasteiger partial charge in [0, 0.05) is 37.9 Å². The zero-order chi connectivity index (χ0) is 25.5. The Hall–Kier alpha value is -3.95. The Morgan fingerprint density at radius 1 is 1.00 bits per heavy atom. The number of carbonyl (C=O) groups is 1. The number of aromatic nitrogens is 4. The molecule has 10 nitrogen and oxygen atoms in total. The molecule has 3 aromatic rings. The van der Waals surface area contributed by atoms with Crippen LogP contribution in [0.1, 0.15) is 32.6 Å². The van der Waals surface area contributed by atoms with Gasteiger partial charge in [-0.25, -0.2) is 15.0 Å². The summed E-state index contributed by atoms with van der Waals surface area (Å²) in [4.78, 5) is 34.9. The summed E-state index contributed by atoms with van der Waals surface area (Å²) in [6.45, 7) is 5.59. The highest BCUT2D eigenvalue weighted by atomic mass is 16.5. The molecule has 194 valence electrons. The molecule has 2 aromatic heterocycles. The first-order valence-corrected chi connectivity index (χ1v) is 13.0. The summed E-state index contributed by atoms with van der Waals surface area (Å²) >= 11 is 0. The van der Waals surface area contributed by atoms with Crippen LogP contribution in [0.5, 0.6) is 11.5 Å². The van der Waals surface area contributed by atoms with Crippen molar-refractivity contribution < 1.29 is 14.3 Å². The number of rotatable bonds is 8. The van der Waals surface area contributed by atoms with Crippen molar-refractivity contribution in [2.75, 3.05) is 47.9 Å². The van der Waals surface area contributed by atoms with Crippen LogP contribution in [-0.2, 0) is 4.79 Å². The maximum atomic E-state index is 13.0. The molecule has 0 spiro atoms. The maximum Gasteiger partial charge on any atom is 0.228 e. The van der Waals surface area contributed by atoms with Gasteiger partial charge in [0.05, 0.1) is 25.5 Å². The topological polar surface area (TPSA) is 106 Å². The molecular weight excluding hydrogens is 470 g/mol. The molecule has 1 atom stereocenters. The lowest BCUT2D eigenvalue weighted by molar-refractivity contribution is -0.120. The maximum absolute atomic E-state index is 13.0. The Kier molecular flexibility index (Phi) is 7.93. The predicted octanol–water partition coefficient (Wildman–Crippen LogP) is 3.57. The monoisotopic (exact) mass is 503 g/mol. The van der Waals surface area contributed by atoms with Crippen LogP contribution in [-0.4, -0.2) is 64.7 Å². The van der Waals surface area contributed by atoms with Gasteiger partial charge >= 0.3 is 0 Å². The fourth-order valence-corrected chi connectivity index (χ4v) is 4.84. The molecule has 1 N–H and O–H groups in total. The Morgan fingerprint density at radius 2 is 1.78 bits per heavy atom. The summed E-state index contributed by atoms with van der Waals surface area (Å²) < 4.78 is 12.0. The number of anilines is 3. The third-order valence-electron chi connectivity index (χ3n) is 6.72. The number of ether oxygens (including phenoxy) is 2. The van der Waals surface area contributed by atoms with Gasteiger partial charge in [0.25, 0.3) is 0 Å². The fourth-order valence-electron chi connectivity index (χ4n) is 4.84. The van der Waals surface area contributed by atoms with E-state index in [9.17, 15) is 4.79 Å². The highest BCUT2D eigenvalue weighted by molar-refractivity contribution is 5.91. The second kappa shape index (κ2) is 11.9. The second-order valence-electron chi connectivity index (χ2n) is 9.27. The Labute approximate surface area is 217 Å². The molecule has 2 aliphatic heterocycles. The molecule has 2 saturated heterocycles. The Bertz CT molecular complexity index is 1170. The van der Waals surface area contributed by atoms with E-state index in [2.05, 4.69) is 30.1 Å². The lowest BCUT2D eigenvalue weighted by Gasteiger charge is -2.34. The number of carbonyl (C=O) groups excluding carboxylic acids is 1. The largest absolute Gasteiger partial charge is 0.490 e. The van der Waals surface area contributed by atoms with Crippen LogP contribution in [0.25, 0.3) is 0 Å². The Morgan fingerprint density at radius 3 is 2.57 bits per heavy atom. The first-order valence-electron chi connectivity index (χ1n) is 13.0. The van der Waals surface area contributed by atoms with E-state index in [4.69, 9.17) is 14.5 Å². The quantitative estimate of drug-likeness (QED) is 0.494. The SMILES string of the molecule is CCOc1ccccc1O[C@@H]1CCCN(c2cncc(NC(=O)C3CCN(c4ncccn4)CC3)n2)C1. The second-order valence-corrected chi connectivity index (χ2v) is 9.27. The molecule has 2 aliphatic rings. The third-order valence-corrected chi connectivity index (χ3v) is 6.72. The highest BCUT2D eigenvalue weighted by Gasteiger charge is 2.27. The van der Waals surface area contributed by atoms with Crippen LogP contribution in [0.2, 0.25) is 0 Å². The molecule has 0 saturated carbocycles. The number of nitrogens with zero attached hydrogens (tertiary/aromatic N) is 6. The number of hydrogen-bond donors (Lipinski definition) is 1. The molecular formula is C27H33N7O3. The lowest BCUT2D eigenvalue weighted by Crippen LogP contribution is -2.42. The van der Waals surface area contributed by atoms with E-state index in [0.717, 1.165) is 62.6 Å². The van der Waals surface area contributed by atoms with Crippen molar-refractivity contribution >= 4 is 23.5 Å². The summed E-state index contributed by atoms with van der Waals surface area (Å²) in [6.07, 6.45) is 10.2. The molecule has 0 aliphatic carbocycles. The van der Waals surface area contributed by atoms with E-state index in [0.29, 0.717) is 24.9 Å². The Balaban J connectivity index is 1.17. The predicted molar refractivity (Wildman–Crippen MR) is 141 cm³/mol. The van der Waals surface area contributed by atoms with Crippen LogP contribution in [0.4, 0.5) is 17.6 Å². The third kappa shape index (κ3) is 6.25. The first-order chi connectivity index (χ1) is 18.2. The molecule has 0 unspecified atom stereocenters. The van der Waals surface area contributed by atoms with Gasteiger partial charge in [-0.2, -0.15) is 0 Å². The van der Waals surface area contributed by atoms with Crippen LogP contribution in [0.3, 0.4) is 0 Å². The van der Waals surface area contributed by atoms with Crippen molar-refractivity contribution in [2.45, 2.75) is 38.7 Å². The minimum atomic E-state index is -0.0800.